The maximum absolute atomic E-state index is 12.0. The van der Waals surface area contributed by atoms with Crippen molar-refractivity contribution in [2.75, 3.05) is 12.4 Å². The number of aryl methyl sites for hydroxylation is 1. The van der Waals surface area contributed by atoms with Crippen LogP contribution < -0.4 is 10.5 Å². The van der Waals surface area contributed by atoms with Gasteiger partial charge in [-0.1, -0.05) is 17.7 Å². The predicted octanol–water partition coefficient (Wildman–Crippen LogP) is 3.52. The van der Waals surface area contributed by atoms with Crippen LogP contribution in [0.4, 0.5) is 13.2 Å². The van der Waals surface area contributed by atoms with Gasteiger partial charge in [0.25, 0.3) is 0 Å². The average molecular weight is 293 g/mol. The minimum Gasteiger partial charge on any atom is -0.492 e. The smallest absolute Gasteiger partial charge is 0.441 e. The molecule has 0 spiro atoms. The summed E-state index contributed by atoms with van der Waals surface area (Å²) in [6.07, 6.45) is 0.642. The lowest BCUT2D eigenvalue weighted by molar-refractivity contribution is -0.0329. The quantitative estimate of drug-likeness (QED) is 0.815. The Morgan fingerprint density at radius 3 is 2.63 bits per heavy atom. The number of hydrogen-bond acceptors (Lipinski definition) is 3. The molecule has 1 aromatic carbocycles. The maximum atomic E-state index is 12.0. The van der Waals surface area contributed by atoms with Crippen molar-refractivity contribution in [1.29, 1.82) is 0 Å². The summed E-state index contributed by atoms with van der Waals surface area (Å²) >= 11 is -0.0740. The number of alkyl halides is 3. The Morgan fingerprint density at radius 2 is 2.05 bits per heavy atom. The van der Waals surface area contributed by atoms with Crippen molar-refractivity contribution >= 4 is 11.8 Å². The highest BCUT2D eigenvalue weighted by Gasteiger charge is 2.27. The predicted molar refractivity (Wildman–Crippen MR) is 72.5 cm³/mol. The first kappa shape index (κ1) is 16.2. The van der Waals surface area contributed by atoms with Crippen molar-refractivity contribution < 1.29 is 17.9 Å². The number of rotatable bonds is 6. The molecule has 2 nitrogen and oxygen atoms in total. The lowest BCUT2D eigenvalue weighted by atomic mass is 10.0. The second-order valence-electron chi connectivity index (χ2n) is 4.44. The molecule has 0 saturated heterocycles. The summed E-state index contributed by atoms with van der Waals surface area (Å²) in [6, 6.07) is 5.59. The van der Waals surface area contributed by atoms with E-state index < -0.39 is 5.51 Å². The maximum Gasteiger partial charge on any atom is 0.441 e. The van der Waals surface area contributed by atoms with E-state index in [0.29, 0.717) is 12.2 Å². The van der Waals surface area contributed by atoms with Gasteiger partial charge in [0.15, 0.2) is 0 Å². The number of benzene rings is 1. The second-order valence-corrected chi connectivity index (χ2v) is 5.60. The van der Waals surface area contributed by atoms with Crippen molar-refractivity contribution in [3.05, 3.63) is 29.3 Å². The van der Waals surface area contributed by atoms with Gasteiger partial charge < -0.3 is 10.5 Å². The van der Waals surface area contributed by atoms with Crippen LogP contribution in [0.3, 0.4) is 0 Å². The molecule has 0 aliphatic heterocycles. The van der Waals surface area contributed by atoms with Gasteiger partial charge in [-0.15, -0.1) is 0 Å². The molecule has 1 atom stereocenters. The lowest BCUT2D eigenvalue weighted by Gasteiger charge is -2.14. The molecular weight excluding hydrogens is 275 g/mol. The van der Waals surface area contributed by atoms with Crippen LogP contribution in [0.2, 0.25) is 0 Å². The third kappa shape index (κ3) is 6.73. The van der Waals surface area contributed by atoms with Gasteiger partial charge in [0, 0.05) is 11.8 Å². The molecule has 1 unspecified atom stereocenters. The van der Waals surface area contributed by atoms with E-state index in [0.717, 1.165) is 11.1 Å². The summed E-state index contributed by atoms with van der Waals surface area (Å²) in [6.45, 7) is 3.86. The second kappa shape index (κ2) is 7.05. The van der Waals surface area contributed by atoms with E-state index in [1.165, 1.54) is 0 Å². The average Bonchev–Trinajstić information content (AvgIpc) is 2.24. The Morgan fingerprint density at radius 1 is 1.37 bits per heavy atom. The first-order valence-corrected chi connectivity index (χ1v) is 6.95. The monoisotopic (exact) mass is 293 g/mol. The molecule has 0 heterocycles. The van der Waals surface area contributed by atoms with E-state index in [2.05, 4.69) is 0 Å². The molecule has 0 bridgehead atoms. The Bertz CT molecular complexity index is 407. The standard InChI is InChI=1S/C13H18F3NOS/c1-9-3-4-12(11(7-9)8-10(2)17)18-5-6-19-13(14,15)16/h3-4,7,10H,5-6,8,17H2,1-2H3. The first-order valence-electron chi connectivity index (χ1n) is 5.96. The molecule has 108 valence electrons. The van der Waals surface area contributed by atoms with Crippen LogP contribution in [-0.2, 0) is 6.42 Å². The third-order valence-electron chi connectivity index (χ3n) is 2.36. The molecule has 0 saturated carbocycles. The first-order chi connectivity index (χ1) is 8.78. The van der Waals surface area contributed by atoms with Crippen LogP contribution in [0.1, 0.15) is 18.1 Å². The number of halogens is 3. The van der Waals surface area contributed by atoms with Crippen LogP contribution >= 0.6 is 11.8 Å². The third-order valence-corrected chi connectivity index (χ3v) is 3.06. The van der Waals surface area contributed by atoms with E-state index in [-0.39, 0.29) is 30.2 Å². The molecule has 19 heavy (non-hydrogen) atoms. The van der Waals surface area contributed by atoms with Gasteiger partial charge >= 0.3 is 5.51 Å². The van der Waals surface area contributed by atoms with E-state index >= 15 is 0 Å². The van der Waals surface area contributed by atoms with Gasteiger partial charge in [0.2, 0.25) is 0 Å². The Labute approximate surface area is 115 Å². The zero-order valence-electron chi connectivity index (χ0n) is 11.0. The minimum atomic E-state index is -4.20. The summed E-state index contributed by atoms with van der Waals surface area (Å²) in [5, 5.41) is 0. The Balaban J connectivity index is 2.57. The molecule has 0 amide bonds. The van der Waals surface area contributed by atoms with Gasteiger partial charge in [0.05, 0.1) is 6.61 Å². The summed E-state index contributed by atoms with van der Waals surface area (Å²) in [4.78, 5) is 0. The van der Waals surface area contributed by atoms with E-state index in [1.807, 2.05) is 26.0 Å². The van der Waals surface area contributed by atoms with Crippen LogP contribution in [-0.4, -0.2) is 23.9 Å². The molecule has 0 fully saturated rings. The highest BCUT2D eigenvalue weighted by atomic mass is 32.2. The van der Waals surface area contributed by atoms with Crippen molar-refractivity contribution in [2.45, 2.75) is 31.8 Å². The molecule has 0 aromatic heterocycles. The number of thioether (sulfide) groups is 1. The Kier molecular flexibility index (Phi) is 6.00. The largest absolute Gasteiger partial charge is 0.492 e. The van der Waals surface area contributed by atoms with Crippen molar-refractivity contribution in [2.24, 2.45) is 5.73 Å². The molecule has 1 aromatic rings. The van der Waals surface area contributed by atoms with Gasteiger partial charge in [-0.2, -0.15) is 13.2 Å². The fraction of sp³-hybridized carbons (Fsp3) is 0.538. The van der Waals surface area contributed by atoms with Crippen LogP contribution in [0.15, 0.2) is 18.2 Å². The normalized spacial score (nSPS) is 13.4. The molecular formula is C13H18F3NOS. The van der Waals surface area contributed by atoms with Gasteiger partial charge in [0.1, 0.15) is 5.75 Å². The Hall–Kier alpha value is -0.880. The summed E-state index contributed by atoms with van der Waals surface area (Å²) in [7, 11) is 0. The minimum absolute atomic E-state index is 0.0197. The summed E-state index contributed by atoms with van der Waals surface area (Å²) < 4.78 is 41.3. The highest BCUT2D eigenvalue weighted by molar-refractivity contribution is 8.00. The highest BCUT2D eigenvalue weighted by Crippen LogP contribution is 2.30. The molecule has 2 N–H and O–H groups in total. The summed E-state index contributed by atoms with van der Waals surface area (Å²) in [5.74, 6) is 0.500. The van der Waals surface area contributed by atoms with Crippen LogP contribution in [0, 0.1) is 6.92 Å². The van der Waals surface area contributed by atoms with Gasteiger partial charge in [-0.3, -0.25) is 0 Å². The van der Waals surface area contributed by atoms with Gasteiger partial charge in [-0.25, -0.2) is 0 Å². The topological polar surface area (TPSA) is 35.2 Å². The van der Waals surface area contributed by atoms with E-state index in [9.17, 15) is 13.2 Å². The van der Waals surface area contributed by atoms with Crippen molar-refractivity contribution in [3.8, 4) is 5.75 Å². The molecule has 6 heteroatoms. The summed E-state index contributed by atoms with van der Waals surface area (Å²) in [5.41, 5.74) is 3.56. The fourth-order valence-electron chi connectivity index (χ4n) is 1.66. The number of hydrogen-bond donors (Lipinski definition) is 1. The lowest BCUT2D eigenvalue weighted by Crippen LogP contribution is -2.18. The molecule has 0 aliphatic rings. The van der Waals surface area contributed by atoms with E-state index in [4.69, 9.17) is 10.5 Å². The molecule has 1 rings (SSSR count). The molecule has 0 aliphatic carbocycles. The number of nitrogens with two attached hydrogens (primary N) is 1. The zero-order valence-corrected chi connectivity index (χ0v) is 11.8. The van der Waals surface area contributed by atoms with Crippen molar-refractivity contribution in [1.82, 2.24) is 0 Å². The zero-order chi connectivity index (χ0) is 14.5. The fourth-order valence-corrected chi connectivity index (χ4v) is 2.06. The van der Waals surface area contributed by atoms with Crippen molar-refractivity contribution in [3.63, 3.8) is 0 Å². The molecule has 0 radical (unpaired) electrons. The van der Waals surface area contributed by atoms with Crippen LogP contribution in [0.25, 0.3) is 0 Å². The van der Waals surface area contributed by atoms with E-state index in [1.54, 1.807) is 6.07 Å². The SMILES string of the molecule is Cc1ccc(OCCSC(F)(F)F)c(CC(C)N)c1. The van der Waals surface area contributed by atoms with Gasteiger partial charge in [-0.05, 0) is 43.7 Å². The number of ether oxygens (including phenoxy) is 1. The van der Waals surface area contributed by atoms with Crippen LogP contribution in [0.5, 0.6) is 5.75 Å².